The quantitative estimate of drug-likeness (QED) is 0.392. The number of rotatable bonds is 6. The molecule has 0 bridgehead atoms. The molecule has 0 aromatic heterocycles. The molecule has 0 saturated heterocycles. The minimum atomic E-state index is -3.94. The zero-order chi connectivity index (χ0) is 22.1. The van der Waals surface area contributed by atoms with Crippen LogP contribution >= 0.6 is 31.9 Å². The number of nitrogens with zero attached hydrogens (tertiary/aromatic N) is 1. The van der Waals surface area contributed by atoms with Crippen molar-refractivity contribution in [2.75, 3.05) is 9.03 Å². The first-order chi connectivity index (χ1) is 14.1. The Bertz CT molecular complexity index is 1250. The van der Waals surface area contributed by atoms with E-state index in [1.165, 1.54) is 18.2 Å². The highest BCUT2D eigenvalue weighted by Crippen LogP contribution is 2.39. The number of hydrogen-bond acceptors (Lipinski definition) is 4. The zero-order valence-electron chi connectivity index (χ0n) is 16.0. The summed E-state index contributed by atoms with van der Waals surface area (Å²) in [7, 11) is -7.04. The van der Waals surface area contributed by atoms with Crippen molar-refractivity contribution in [2.24, 2.45) is 0 Å². The van der Waals surface area contributed by atoms with Crippen molar-refractivity contribution in [3.8, 4) is 0 Å². The summed E-state index contributed by atoms with van der Waals surface area (Å²) in [4.78, 5) is 0.0755. The van der Waals surface area contributed by atoms with E-state index in [0.29, 0.717) is 14.6 Å². The average Bonchev–Trinajstić information content (AvgIpc) is 2.67. The number of thiol groups is 1. The number of benzene rings is 3. The van der Waals surface area contributed by atoms with E-state index in [1.54, 1.807) is 42.5 Å². The van der Waals surface area contributed by atoms with E-state index < -0.39 is 20.9 Å². The Morgan fingerprint density at radius 1 is 0.833 bits per heavy atom. The lowest BCUT2D eigenvalue weighted by Gasteiger charge is -2.23. The second-order valence-electron chi connectivity index (χ2n) is 6.59. The van der Waals surface area contributed by atoms with Gasteiger partial charge in [-0.25, -0.2) is 21.1 Å². The van der Waals surface area contributed by atoms with Crippen molar-refractivity contribution in [1.82, 2.24) is 0 Å². The third kappa shape index (κ3) is 5.05. The van der Waals surface area contributed by atoms with E-state index >= 15 is 0 Å². The standard InChI is InChI=1S/C20H18Br2N2O4S2/c1-13-3-7-15(8-4-13)24(29(25)26)20-12-18(22)17(21)11-19(20)23-30(27,28)16-9-5-14(2)6-10-16/h3-12,23,29H,1-2H3. The van der Waals surface area contributed by atoms with Gasteiger partial charge in [0.05, 0.1) is 22.0 Å². The molecule has 158 valence electrons. The molecule has 6 nitrogen and oxygen atoms in total. The molecule has 0 spiro atoms. The van der Waals surface area contributed by atoms with Crippen LogP contribution in [0.2, 0.25) is 0 Å². The second-order valence-corrected chi connectivity index (χ2v) is 10.9. The van der Waals surface area contributed by atoms with Crippen molar-refractivity contribution >= 4 is 69.8 Å². The molecule has 0 heterocycles. The van der Waals surface area contributed by atoms with Crippen LogP contribution in [0.25, 0.3) is 0 Å². The van der Waals surface area contributed by atoms with Crippen molar-refractivity contribution in [2.45, 2.75) is 18.7 Å². The molecule has 3 rings (SSSR count). The fourth-order valence-corrected chi connectivity index (χ4v) is 5.12. The molecule has 0 unspecified atom stereocenters. The van der Waals surface area contributed by atoms with E-state index in [2.05, 4.69) is 36.6 Å². The SMILES string of the molecule is Cc1ccc(N(c2cc(Br)c(Br)cc2NS(=O)(=O)c2ccc(C)cc2)[SH](=O)=O)cc1. The monoisotopic (exact) mass is 572 g/mol. The molecule has 0 atom stereocenters. The predicted molar refractivity (Wildman–Crippen MR) is 127 cm³/mol. The largest absolute Gasteiger partial charge is 0.277 e. The minimum absolute atomic E-state index is 0.0755. The number of aryl methyl sites for hydroxylation is 2. The van der Waals surface area contributed by atoms with Gasteiger partial charge in [0.15, 0.2) is 0 Å². The molecule has 10 heteroatoms. The van der Waals surface area contributed by atoms with E-state index in [-0.39, 0.29) is 16.3 Å². The van der Waals surface area contributed by atoms with Crippen molar-refractivity contribution in [3.63, 3.8) is 0 Å². The van der Waals surface area contributed by atoms with Gasteiger partial charge in [-0.2, -0.15) is 0 Å². The van der Waals surface area contributed by atoms with Crippen molar-refractivity contribution < 1.29 is 16.8 Å². The number of sulfonamides is 1. The van der Waals surface area contributed by atoms with Gasteiger partial charge in [0.25, 0.3) is 10.0 Å². The molecule has 0 amide bonds. The van der Waals surface area contributed by atoms with Gasteiger partial charge in [-0.05, 0) is 82.1 Å². The molecule has 0 aliphatic carbocycles. The van der Waals surface area contributed by atoms with Gasteiger partial charge in [0.1, 0.15) is 0 Å². The molecule has 30 heavy (non-hydrogen) atoms. The Kier molecular flexibility index (Phi) is 6.91. The van der Waals surface area contributed by atoms with Gasteiger partial charge in [0.2, 0.25) is 10.9 Å². The van der Waals surface area contributed by atoms with Crippen LogP contribution in [-0.2, 0) is 20.9 Å². The first-order valence-electron chi connectivity index (χ1n) is 8.68. The van der Waals surface area contributed by atoms with E-state index in [1.807, 2.05) is 13.8 Å². The summed E-state index contributed by atoms with van der Waals surface area (Å²) in [6.07, 6.45) is 0. The number of nitrogens with one attached hydrogen (secondary N) is 1. The molecule has 1 N–H and O–H groups in total. The first kappa shape index (κ1) is 22.8. The lowest BCUT2D eigenvalue weighted by molar-refractivity contribution is 0.601. The molecule has 0 aliphatic rings. The average molecular weight is 574 g/mol. The topological polar surface area (TPSA) is 83.6 Å². The highest BCUT2D eigenvalue weighted by atomic mass is 79.9. The summed E-state index contributed by atoms with van der Waals surface area (Å²) in [5.41, 5.74) is 2.57. The van der Waals surface area contributed by atoms with Gasteiger partial charge in [-0.15, -0.1) is 0 Å². The molecule has 0 aliphatic heterocycles. The molecular formula is C20H18Br2N2O4S2. The fourth-order valence-electron chi connectivity index (χ4n) is 2.72. The van der Waals surface area contributed by atoms with Gasteiger partial charge < -0.3 is 0 Å². The van der Waals surface area contributed by atoms with E-state index in [0.717, 1.165) is 15.4 Å². The number of hydrogen-bond donors (Lipinski definition) is 2. The summed E-state index contributed by atoms with van der Waals surface area (Å²) in [6.45, 7) is 3.75. The maximum absolute atomic E-state index is 12.9. The summed E-state index contributed by atoms with van der Waals surface area (Å²) in [5, 5.41) is 0. The Hall–Kier alpha value is -1.88. The highest BCUT2D eigenvalue weighted by Gasteiger charge is 2.22. The van der Waals surface area contributed by atoms with Crippen LogP contribution in [0.4, 0.5) is 17.1 Å². The predicted octanol–water partition coefficient (Wildman–Crippen LogP) is 5.29. The molecule has 0 fully saturated rings. The van der Waals surface area contributed by atoms with Crippen molar-refractivity contribution in [3.05, 3.63) is 80.7 Å². The Labute approximate surface area is 194 Å². The number of anilines is 3. The van der Waals surface area contributed by atoms with Crippen LogP contribution in [0.5, 0.6) is 0 Å². The van der Waals surface area contributed by atoms with Crippen molar-refractivity contribution in [1.29, 1.82) is 0 Å². The van der Waals surface area contributed by atoms with E-state index in [9.17, 15) is 16.8 Å². The maximum Gasteiger partial charge on any atom is 0.261 e. The third-order valence-electron chi connectivity index (χ3n) is 4.28. The Morgan fingerprint density at radius 3 is 1.87 bits per heavy atom. The lowest BCUT2D eigenvalue weighted by Crippen LogP contribution is -2.19. The minimum Gasteiger partial charge on any atom is -0.277 e. The Balaban J connectivity index is 2.14. The zero-order valence-corrected chi connectivity index (χ0v) is 20.8. The molecule has 3 aromatic rings. The van der Waals surface area contributed by atoms with E-state index in [4.69, 9.17) is 0 Å². The molecule has 0 saturated carbocycles. The Morgan fingerprint density at radius 2 is 1.33 bits per heavy atom. The summed E-state index contributed by atoms with van der Waals surface area (Å²) < 4.78 is 54.9. The lowest BCUT2D eigenvalue weighted by atomic mass is 10.2. The summed E-state index contributed by atoms with van der Waals surface area (Å²) in [6, 6.07) is 16.3. The molecule has 0 radical (unpaired) electrons. The van der Waals surface area contributed by atoms with Gasteiger partial charge in [0, 0.05) is 8.95 Å². The van der Waals surface area contributed by atoms with Crippen LogP contribution < -0.4 is 9.03 Å². The molecular weight excluding hydrogens is 556 g/mol. The van der Waals surface area contributed by atoms with Crippen LogP contribution in [0, 0.1) is 13.8 Å². The maximum atomic E-state index is 12.9. The van der Waals surface area contributed by atoms with Gasteiger partial charge >= 0.3 is 0 Å². The van der Waals surface area contributed by atoms with Crippen LogP contribution in [-0.4, -0.2) is 16.8 Å². The second kappa shape index (κ2) is 9.09. The smallest absolute Gasteiger partial charge is 0.261 e. The third-order valence-corrected chi connectivity index (χ3v) is 8.28. The van der Waals surface area contributed by atoms with Crippen LogP contribution in [0.3, 0.4) is 0 Å². The summed E-state index contributed by atoms with van der Waals surface area (Å²) in [5.74, 6) is 0. The fraction of sp³-hybridized carbons (Fsp3) is 0.100. The van der Waals surface area contributed by atoms with Gasteiger partial charge in [-0.1, -0.05) is 35.4 Å². The van der Waals surface area contributed by atoms with Gasteiger partial charge in [-0.3, -0.25) is 4.72 Å². The van der Waals surface area contributed by atoms with Crippen LogP contribution in [0.1, 0.15) is 11.1 Å². The molecule has 3 aromatic carbocycles. The summed E-state index contributed by atoms with van der Waals surface area (Å²) >= 11 is 6.72. The normalized spacial score (nSPS) is 11.5. The first-order valence-corrected chi connectivity index (χ1v) is 12.9. The highest BCUT2D eigenvalue weighted by molar-refractivity contribution is 9.13. The number of halogens is 2. The van der Waals surface area contributed by atoms with Crippen LogP contribution in [0.15, 0.2) is 74.5 Å².